The number of alkyl halides is 5. The lowest BCUT2D eigenvalue weighted by molar-refractivity contribution is -0.153. The summed E-state index contributed by atoms with van der Waals surface area (Å²) < 4.78 is 67.2. The molecule has 0 spiro atoms. The number of benzene rings is 2. The van der Waals surface area contributed by atoms with Gasteiger partial charge >= 0.3 is 23.8 Å². The van der Waals surface area contributed by atoms with Crippen molar-refractivity contribution in [3.05, 3.63) is 64.2 Å². The number of urea groups is 1. The highest BCUT2D eigenvalue weighted by Gasteiger charge is 2.32. The van der Waals surface area contributed by atoms with E-state index in [9.17, 15) is 31.5 Å². The lowest BCUT2D eigenvalue weighted by atomic mass is 10.0. The Balaban J connectivity index is 0.000000782. The Morgan fingerprint density at radius 2 is 1.69 bits per heavy atom. The summed E-state index contributed by atoms with van der Waals surface area (Å²) in [6.45, 7) is 6.94. The first-order valence-corrected chi connectivity index (χ1v) is 14.1. The minimum absolute atomic E-state index is 0.00235. The van der Waals surface area contributed by atoms with E-state index >= 15 is 0 Å². The molecule has 234 valence electrons. The summed E-state index contributed by atoms with van der Waals surface area (Å²) in [7, 11) is 2.93. The number of halogens is 6. The van der Waals surface area contributed by atoms with Crippen LogP contribution in [0.15, 0.2) is 42.5 Å². The fourth-order valence-electron chi connectivity index (χ4n) is 3.95. The molecule has 0 bridgehead atoms. The predicted octanol–water partition coefficient (Wildman–Crippen LogP) is 6.74. The van der Waals surface area contributed by atoms with E-state index in [0.717, 1.165) is 58.6 Å². The number of carboxylic acids is 1. The predicted molar refractivity (Wildman–Crippen MR) is 154 cm³/mol. The number of hydrogen-bond acceptors (Lipinski definition) is 4. The lowest BCUT2D eigenvalue weighted by Gasteiger charge is -2.37. The molecule has 0 saturated carbocycles. The van der Waals surface area contributed by atoms with Gasteiger partial charge in [0.05, 0.1) is 12.2 Å². The summed E-state index contributed by atoms with van der Waals surface area (Å²) in [5.74, 6) is -0.922. The molecule has 0 aromatic heterocycles. The number of carbonyl (C=O) groups excluding carboxylic acids is 1. The summed E-state index contributed by atoms with van der Waals surface area (Å²) in [6.07, 6.45) is -2.91. The van der Waals surface area contributed by atoms with Gasteiger partial charge in [-0.25, -0.2) is 9.59 Å². The molecule has 1 aliphatic heterocycles. The third kappa shape index (κ3) is 11.9. The van der Waals surface area contributed by atoms with E-state index in [4.69, 9.17) is 21.4 Å². The van der Waals surface area contributed by atoms with Gasteiger partial charge < -0.3 is 25.0 Å². The smallest absolute Gasteiger partial charge is 0.416 e. The number of aliphatic carboxylic acids is 1. The number of ether oxygens (including phenoxy) is 1. The molecule has 2 aromatic rings. The van der Waals surface area contributed by atoms with Crippen molar-refractivity contribution < 1.29 is 41.4 Å². The van der Waals surface area contributed by atoms with Crippen molar-refractivity contribution in [2.45, 2.75) is 57.7 Å². The van der Waals surface area contributed by atoms with E-state index < -0.39 is 23.4 Å². The van der Waals surface area contributed by atoms with Crippen molar-refractivity contribution in [2.75, 3.05) is 26.7 Å². The molecule has 0 aliphatic carbocycles. The molecule has 2 N–H and O–H groups in total. The number of nitrogens with zero attached hydrogens (tertiary/aromatic N) is 2. The maximum atomic E-state index is 13.2. The lowest BCUT2D eigenvalue weighted by Crippen LogP contribution is -2.49. The fourth-order valence-corrected chi connectivity index (χ4v) is 4.19. The topological polar surface area (TPSA) is 82.1 Å². The van der Waals surface area contributed by atoms with Crippen LogP contribution in [0.25, 0.3) is 0 Å². The molecular weight excluding hydrogens is 604 g/mol. The number of likely N-dealkylation sites (tertiary alicyclic amines) is 1. The van der Waals surface area contributed by atoms with E-state index in [1.807, 2.05) is 31.3 Å². The first kappa shape index (κ1) is 35.5. The largest absolute Gasteiger partial charge is 0.493 e. The summed E-state index contributed by atoms with van der Waals surface area (Å²) in [6, 6.07) is 10.6. The number of amides is 2. The molecule has 1 saturated heterocycles. The van der Waals surface area contributed by atoms with Gasteiger partial charge in [0, 0.05) is 24.2 Å². The number of carboxylic acid groups (broad SMARTS) is 1. The standard InChI is InChI=1S/C26H33ClF3N3O2.C2H3F2O2P/c1-18(2)17-35-23-8-4-19(5-9-23)15-31-25(34)33(22-10-12-32(3)13-11-22)16-20-6-7-21(14-24(20)27)26(28,29)30;3-2(4,7)1(5)6/h4-9,14,18,22H,10-13,15-17H2,1-3H3,(H,31,34);7H2,(H,5,6). The summed E-state index contributed by atoms with van der Waals surface area (Å²) >= 11 is 6.20. The summed E-state index contributed by atoms with van der Waals surface area (Å²) in [4.78, 5) is 26.4. The van der Waals surface area contributed by atoms with Crippen LogP contribution in [0.2, 0.25) is 5.02 Å². The Morgan fingerprint density at radius 3 is 2.17 bits per heavy atom. The van der Waals surface area contributed by atoms with Crippen LogP contribution in [0, 0.1) is 5.92 Å². The molecule has 1 fully saturated rings. The quantitative estimate of drug-likeness (QED) is 0.235. The van der Waals surface area contributed by atoms with Crippen LogP contribution in [0.5, 0.6) is 5.75 Å². The third-order valence-electron chi connectivity index (χ3n) is 6.35. The zero-order chi connectivity index (χ0) is 31.7. The Kier molecular flexibility index (Phi) is 13.3. The minimum atomic E-state index is -4.47. The average Bonchev–Trinajstić information content (AvgIpc) is 2.90. The molecule has 2 aromatic carbocycles. The van der Waals surface area contributed by atoms with E-state index in [1.165, 1.54) is 6.07 Å². The maximum Gasteiger partial charge on any atom is 0.416 e. The highest BCUT2D eigenvalue weighted by Crippen LogP contribution is 2.33. The molecule has 14 heteroatoms. The molecule has 1 heterocycles. The van der Waals surface area contributed by atoms with Crippen molar-refractivity contribution in [1.29, 1.82) is 0 Å². The van der Waals surface area contributed by atoms with Gasteiger partial charge in [-0.3, -0.25) is 0 Å². The van der Waals surface area contributed by atoms with Crippen LogP contribution in [0.3, 0.4) is 0 Å². The molecule has 7 nitrogen and oxygen atoms in total. The van der Waals surface area contributed by atoms with Gasteiger partial charge in [0.1, 0.15) is 5.75 Å². The van der Waals surface area contributed by atoms with Crippen LogP contribution in [0.4, 0.5) is 26.7 Å². The SMILES string of the molecule is CC(C)COc1ccc(CNC(=O)N(Cc2ccc(C(F)(F)F)cc2Cl)C2CCN(C)CC2)cc1.O=C(O)C(F)(F)P. The van der Waals surface area contributed by atoms with Gasteiger partial charge in [-0.15, -0.1) is 0 Å². The Labute approximate surface area is 249 Å². The van der Waals surface area contributed by atoms with Gasteiger partial charge in [-0.2, -0.15) is 22.0 Å². The van der Waals surface area contributed by atoms with Crippen LogP contribution >= 0.6 is 20.8 Å². The highest BCUT2D eigenvalue weighted by atomic mass is 35.5. The van der Waals surface area contributed by atoms with E-state index in [-0.39, 0.29) is 23.6 Å². The van der Waals surface area contributed by atoms with E-state index in [2.05, 4.69) is 24.1 Å². The monoisotopic (exact) mass is 639 g/mol. The van der Waals surface area contributed by atoms with Crippen molar-refractivity contribution in [1.82, 2.24) is 15.1 Å². The highest BCUT2D eigenvalue weighted by molar-refractivity contribution is 7.20. The molecule has 1 atom stereocenters. The summed E-state index contributed by atoms with van der Waals surface area (Å²) in [5.41, 5.74) is -3.06. The molecule has 2 amide bonds. The van der Waals surface area contributed by atoms with Crippen LogP contribution in [-0.2, 0) is 24.1 Å². The second-order valence-corrected chi connectivity index (χ2v) is 11.5. The third-order valence-corrected chi connectivity index (χ3v) is 6.95. The second kappa shape index (κ2) is 15.7. The number of nitrogens with one attached hydrogen (secondary N) is 1. The van der Waals surface area contributed by atoms with Gasteiger partial charge in [0.25, 0.3) is 0 Å². The Bertz CT molecular complexity index is 1170. The minimum Gasteiger partial charge on any atom is -0.493 e. The average molecular weight is 640 g/mol. The number of carbonyl (C=O) groups is 2. The number of piperidine rings is 1. The van der Waals surface area contributed by atoms with Crippen molar-refractivity contribution in [3.8, 4) is 5.75 Å². The molecular formula is C28H36ClF5N3O4P. The molecule has 1 unspecified atom stereocenters. The Hall–Kier alpha value is -2.69. The van der Waals surface area contributed by atoms with E-state index in [1.54, 1.807) is 4.90 Å². The van der Waals surface area contributed by atoms with Gasteiger partial charge in [0.15, 0.2) is 0 Å². The van der Waals surface area contributed by atoms with Crippen LogP contribution in [0.1, 0.15) is 43.4 Å². The Morgan fingerprint density at radius 1 is 1.12 bits per heavy atom. The zero-order valence-corrected chi connectivity index (χ0v) is 25.5. The molecule has 42 heavy (non-hydrogen) atoms. The number of rotatable bonds is 9. The normalized spacial score (nSPS) is 14.6. The van der Waals surface area contributed by atoms with Crippen LogP contribution < -0.4 is 10.1 Å². The fraction of sp³-hybridized carbons (Fsp3) is 0.500. The van der Waals surface area contributed by atoms with Gasteiger partial charge in [-0.1, -0.05) is 43.6 Å². The second-order valence-electron chi connectivity index (χ2n) is 10.4. The van der Waals surface area contributed by atoms with Gasteiger partial charge in [0.2, 0.25) is 0 Å². The summed E-state index contributed by atoms with van der Waals surface area (Å²) in [5, 5.41) is 10.4. The molecule has 1 aliphatic rings. The number of hydrogen-bond donors (Lipinski definition) is 2. The first-order chi connectivity index (χ1) is 19.5. The first-order valence-electron chi connectivity index (χ1n) is 13.2. The van der Waals surface area contributed by atoms with Crippen molar-refractivity contribution >= 4 is 32.8 Å². The van der Waals surface area contributed by atoms with Gasteiger partial charge in [-0.05, 0) is 83.5 Å². The zero-order valence-electron chi connectivity index (χ0n) is 23.6. The van der Waals surface area contributed by atoms with Crippen LogP contribution in [-0.4, -0.2) is 65.4 Å². The maximum absolute atomic E-state index is 13.2. The van der Waals surface area contributed by atoms with Crippen molar-refractivity contribution in [2.24, 2.45) is 5.92 Å². The van der Waals surface area contributed by atoms with E-state index in [0.29, 0.717) is 24.6 Å². The molecule has 0 radical (unpaired) electrons. The molecule has 3 rings (SSSR count). The van der Waals surface area contributed by atoms with Crippen molar-refractivity contribution in [3.63, 3.8) is 0 Å².